The van der Waals surface area contributed by atoms with E-state index in [2.05, 4.69) is 48.3 Å². The van der Waals surface area contributed by atoms with Crippen molar-refractivity contribution in [2.75, 3.05) is 13.1 Å². The Labute approximate surface area is 115 Å². The van der Waals surface area contributed by atoms with Crippen molar-refractivity contribution in [2.45, 2.75) is 44.3 Å². The highest BCUT2D eigenvalue weighted by atomic mass is 16.1. The zero-order valence-corrected chi connectivity index (χ0v) is 11.8. The molecule has 1 N–H and O–H groups in total. The van der Waals surface area contributed by atoms with Crippen LogP contribution < -0.4 is 5.32 Å². The molecule has 0 saturated carbocycles. The predicted octanol–water partition coefficient (Wildman–Crippen LogP) is 1.97. The van der Waals surface area contributed by atoms with Crippen molar-refractivity contribution in [1.29, 1.82) is 0 Å². The summed E-state index contributed by atoms with van der Waals surface area (Å²) in [6, 6.07) is 10.4. The summed E-state index contributed by atoms with van der Waals surface area (Å²) in [7, 11) is 0. The first-order valence-electron chi connectivity index (χ1n) is 7.08. The minimum absolute atomic E-state index is 0.0957. The number of hydrogen-bond donors (Lipinski definition) is 1. The fraction of sp³-hybridized carbons (Fsp3) is 0.562. The van der Waals surface area contributed by atoms with Gasteiger partial charge in [-0.3, -0.25) is 15.0 Å². The third-order valence-electron chi connectivity index (χ3n) is 4.40. The Hall–Kier alpha value is -1.19. The number of benzene rings is 1. The molecule has 2 aliphatic heterocycles. The zero-order valence-electron chi connectivity index (χ0n) is 11.8. The summed E-state index contributed by atoms with van der Waals surface area (Å²) in [5.74, 6) is 0.369. The molecule has 1 spiro atoms. The molecule has 1 unspecified atom stereocenters. The lowest BCUT2D eigenvalue weighted by Gasteiger charge is -2.27. The summed E-state index contributed by atoms with van der Waals surface area (Å²) < 4.78 is 0. The molecule has 3 heteroatoms. The van der Waals surface area contributed by atoms with Gasteiger partial charge in [0.2, 0.25) is 0 Å². The molecule has 3 nitrogen and oxygen atoms in total. The summed E-state index contributed by atoms with van der Waals surface area (Å²) >= 11 is 0. The van der Waals surface area contributed by atoms with E-state index in [4.69, 9.17) is 0 Å². The lowest BCUT2D eigenvalue weighted by molar-refractivity contribution is -0.121. The van der Waals surface area contributed by atoms with Gasteiger partial charge in [0.15, 0.2) is 5.78 Å². The summed E-state index contributed by atoms with van der Waals surface area (Å²) in [5, 5.41) is 3.58. The highest BCUT2D eigenvalue weighted by Gasteiger charge is 2.52. The van der Waals surface area contributed by atoms with Crippen LogP contribution in [0.15, 0.2) is 30.3 Å². The molecule has 3 rings (SSSR count). The van der Waals surface area contributed by atoms with Crippen LogP contribution in [0.1, 0.15) is 32.3 Å². The molecule has 2 fully saturated rings. The smallest absolute Gasteiger partial charge is 0.168 e. The third-order valence-corrected chi connectivity index (χ3v) is 4.40. The summed E-state index contributed by atoms with van der Waals surface area (Å²) in [6.07, 6.45) is 2.06. The number of carbonyl (C=O) groups excluding carboxylic acids is 1. The van der Waals surface area contributed by atoms with Crippen LogP contribution in [0, 0.1) is 0 Å². The number of nitrogens with one attached hydrogen (secondary N) is 1. The van der Waals surface area contributed by atoms with Gasteiger partial charge in [0.1, 0.15) is 0 Å². The highest BCUT2D eigenvalue weighted by Crippen LogP contribution is 2.35. The zero-order chi connectivity index (χ0) is 13.5. The number of Topliss-reactive ketones (excluding diaryl/α,β-unsaturated/α-hetero) is 1. The average molecular weight is 258 g/mol. The first kappa shape index (κ1) is 12.8. The third kappa shape index (κ3) is 2.45. The van der Waals surface area contributed by atoms with Crippen molar-refractivity contribution in [2.24, 2.45) is 0 Å². The van der Waals surface area contributed by atoms with Crippen LogP contribution in [0.2, 0.25) is 0 Å². The number of ketones is 1. The average Bonchev–Trinajstić information content (AvgIpc) is 2.81. The minimum atomic E-state index is -0.279. The van der Waals surface area contributed by atoms with Gasteiger partial charge in [-0.15, -0.1) is 0 Å². The fourth-order valence-electron chi connectivity index (χ4n) is 3.46. The Morgan fingerprint density at radius 2 is 1.95 bits per heavy atom. The molecule has 2 aliphatic rings. The van der Waals surface area contributed by atoms with Crippen LogP contribution in [0.4, 0.5) is 0 Å². The standard InChI is InChI=1S/C16H22N2O/c1-15(2)8-9-16(17-15)12-18(11-14(16)19)10-13-6-4-3-5-7-13/h3-7,17H,8-12H2,1-2H3. The molecule has 2 saturated heterocycles. The molecule has 1 aromatic rings. The quantitative estimate of drug-likeness (QED) is 0.880. The van der Waals surface area contributed by atoms with E-state index in [1.54, 1.807) is 0 Å². The SMILES string of the molecule is CC1(C)CCC2(CN(Cc3ccccc3)CC2=O)N1. The number of hydrogen-bond acceptors (Lipinski definition) is 3. The molecule has 2 heterocycles. The van der Waals surface area contributed by atoms with Gasteiger partial charge in [0.25, 0.3) is 0 Å². The van der Waals surface area contributed by atoms with Crippen molar-refractivity contribution < 1.29 is 4.79 Å². The van der Waals surface area contributed by atoms with Crippen LogP contribution in [0.5, 0.6) is 0 Å². The lowest BCUT2D eigenvalue weighted by atomic mass is 9.95. The monoisotopic (exact) mass is 258 g/mol. The molecule has 102 valence electrons. The van der Waals surface area contributed by atoms with Crippen molar-refractivity contribution in [3.05, 3.63) is 35.9 Å². The van der Waals surface area contributed by atoms with Gasteiger partial charge >= 0.3 is 0 Å². The normalized spacial score (nSPS) is 30.3. The van der Waals surface area contributed by atoms with Crippen LogP contribution in [0.25, 0.3) is 0 Å². The molecular formula is C16H22N2O. The molecular weight excluding hydrogens is 236 g/mol. The maximum atomic E-state index is 12.4. The topological polar surface area (TPSA) is 32.3 Å². The van der Waals surface area contributed by atoms with E-state index < -0.39 is 0 Å². The van der Waals surface area contributed by atoms with Crippen LogP contribution >= 0.6 is 0 Å². The number of nitrogens with zero attached hydrogens (tertiary/aromatic N) is 1. The Bertz CT molecular complexity index is 483. The molecule has 1 atom stereocenters. The maximum Gasteiger partial charge on any atom is 0.168 e. The van der Waals surface area contributed by atoms with E-state index in [-0.39, 0.29) is 11.1 Å². The molecule has 0 amide bonds. The second-order valence-corrected chi connectivity index (χ2v) is 6.64. The fourth-order valence-corrected chi connectivity index (χ4v) is 3.46. The van der Waals surface area contributed by atoms with E-state index in [0.717, 1.165) is 25.9 Å². The number of carbonyl (C=O) groups is 1. The van der Waals surface area contributed by atoms with Gasteiger partial charge in [-0.1, -0.05) is 30.3 Å². The van der Waals surface area contributed by atoms with E-state index in [9.17, 15) is 4.79 Å². The summed E-state index contributed by atoms with van der Waals surface area (Å²) in [5.41, 5.74) is 1.10. The van der Waals surface area contributed by atoms with Crippen LogP contribution in [0.3, 0.4) is 0 Å². The second-order valence-electron chi connectivity index (χ2n) is 6.64. The van der Waals surface area contributed by atoms with E-state index >= 15 is 0 Å². The highest BCUT2D eigenvalue weighted by molar-refractivity contribution is 5.93. The first-order valence-corrected chi connectivity index (χ1v) is 7.08. The lowest BCUT2D eigenvalue weighted by Crippen LogP contribution is -2.53. The first-order chi connectivity index (χ1) is 8.99. The van der Waals surface area contributed by atoms with Crippen LogP contribution in [-0.4, -0.2) is 34.9 Å². The van der Waals surface area contributed by atoms with Crippen LogP contribution in [-0.2, 0) is 11.3 Å². The molecule has 0 aromatic heterocycles. The Morgan fingerprint density at radius 3 is 2.58 bits per heavy atom. The van der Waals surface area contributed by atoms with Gasteiger partial charge in [-0.05, 0) is 32.3 Å². The van der Waals surface area contributed by atoms with Gasteiger partial charge in [0.05, 0.1) is 12.1 Å². The molecule has 19 heavy (non-hydrogen) atoms. The van der Waals surface area contributed by atoms with Crippen molar-refractivity contribution in [3.63, 3.8) is 0 Å². The summed E-state index contributed by atoms with van der Waals surface area (Å²) in [4.78, 5) is 14.7. The largest absolute Gasteiger partial charge is 0.299 e. The maximum absolute atomic E-state index is 12.4. The molecule has 0 aliphatic carbocycles. The Morgan fingerprint density at radius 1 is 1.21 bits per heavy atom. The molecule has 0 radical (unpaired) electrons. The van der Waals surface area contributed by atoms with Gasteiger partial charge in [-0.2, -0.15) is 0 Å². The minimum Gasteiger partial charge on any atom is -0.299 e. The Balaban J connectivity index is 1.71. The molecule has 0 bridgehead atoms. The van der Waals surface area contributed by atoms with Crippen molar-refractivity contribution in [3.8, 4) is 0 Å². The van der Waals surface area contributed by atoms with E-state index in [1.807, 2.05) is 6.07 Å². The summed E-state index contributed by atoms with van der Waals surface area (Å²) in [6.45, 7) is 6.68. The van der Waals surface area contributed by atoms with Crippen molar-refractivity contribution >= 4 is 5.78 Å². The number of likely N-dealkylation sites (tertiary alicyclic amines) is 1. The van der Waals surface area contributed by atoms with E-state index in [1.165, 1.54) is 5.56 Å². The Kier molecular flexibility index (Phi) is 2.99. The van der Waals surface area contributed by atoms with Crippen molar-refractivity contribution in [1.82, 2.24) is 10.2 Å². The number of rotatable bonds is 2. The van der Waals surface area contributed by atoms with Gasteiger partial charge < -0.3 is 0 Å². The second kappa shape index (κ2) is 4.43. The van der Waals surface area contributed by atoms with Gasteiger partial charge in [-0.25, -0.2) is 0 Å². The van der Waals surface area contributed by atoms with E-state index in [0.29, 0.717) is 12.3 Å². The van der Waals surface area contributed by atoms with Gasteiger partial charge in [0, 0.05) is 18.6 Å². The predicted molar refractivity (Wildman–Crippen MR) is 75.9 cm³/mol. The molecule has 1 aromatic carbocycles.